The van der Waals surface area contributed by atoms with Crippen molar-refractivity contribution in [1.82, 2.24) is 9.55 Å². The number of amides is 1. The molecule has 36 heavy (non-hydrogen) atoms. The molecule has 188 valence electrons. The lowest BCUT2D eigenvalue weighted by atomic mass is 9.93. The van der Waals surface area contributed by atoms with Gasteiger partial charge in [-0.2, -0.15) is 0 Å². The van der Waals surface area contributed by atoms with Crippen molar-refractivity contribution in [3.05, 3.63) is 91.6 Å². The normalized spacial score (nSPS) is 14.7. The number of nitrogens with one attached hydrogen (secondary N) is 1. The van der Waals surface area contributed by atoms with Crippen LogP contribution < -0.4 is 21.9 Å². The lowest BCUT2D eigenvalue weighted by Crippen LogP contribution is -2.41. The molecule has 3 N–H and O–H groups in total. The van der Waals surface area contributed by atoms with Gasteiger partial charge in [-0.1, -0.05) is 50.6 Å². The number of nitrogen functional groups attached to an aromatic ring is 1. The molecule has 0 bridgehead atoms. The number of hydrogen-bond donors (Lipinski definition) is 2. The highest BCUT2D eigenvalue weighted by Crippen LogP contribution is 2.31. The average molecular weight is 491 g/mol. The molecular weight excluding hydrogens is 460 g/mol. The number of ether oxygens (including phenoxy) is 1. The minimum atomic E-state index is -0.710. The second-order valence-electron chi connectivity index (χ2n) is 8.84. The van der Waals surface area contributed by atoms with Crippen LogP contribution in [0.4, 0.5) is 11.5 Å². The summed E-state index contributed by atoms with van der Waals surface area (Å²) in [5, 5.41) is 0. The summed E-state index contributed by atoms with van der Waals surface area (Å²) >= 11 is 0. The topological polar surface area (TPSA) is 127 Å². The van der Waals surface area contributed by atoms with E-state index in [2.05, 4.69) is 4.98 Å². The molecule has 0 spiro atoms. The van der Waals surface area contributed by atoms with Gasteiger partial charge in [0.1, 0.15) is 11.9 Å². The van der Waals surface area contributed by atoms with Crippen molar-refractivity contribution in [1.29, 1.82) is 0 Å². The van der Waals surface area contributed by atoms with E-state index in [0.29, 0.717) is 42.5 Å². The second-order valence-corrected chi connectivity index (χ2v) is 8.84. The molecule has 1 amide bonds. The van der Waals surface area contributed by atoms with E-state index in [0.717, 1.165) is 12.0 Å². The Morgan fingerprint density at radius 2 is 1.86 bits per heavy atom. The van der Waals surface area contributed by atoms with Gasteiger partial charge in [0, 0.05) is 25.1 Å². The molecule has 0 aliphatic carbocycles. The number of aromatic nitrogens is 2. The fraction of sp³-hybridized carbons (Fsp3) is 0.333. The van der Waals surface area contributed by atoms with Crippen molar-refractivity contribution in [3.63, 3.8) is 0 Å². The summed E-state index contributed by atoms with van der Waals surface area (Å²) in [6.45, 7) is 4.42. The zero-order valence-electron chi connectivity index (χ0n) is 20.5. The van der Waals surface area contributed by atoms with Crippen LogP contribution in [0.15, 0.2) is 58.1 Å². The minimum absolute atomic E-state index is 0.0373. The number of nitrogens with two attached hydrogens (primary N) is 1. The number of anilines is 2. The third-order valence-electron chi connectivity index (χ3n) is 6.31. The predicted octanol–water partition coefficient (Wildman–Crippen LogP) is 3.43. The maximum atomic E-state index is 13.7. The molecule has 1 aromatic heterocycles. The number of aromatic amines is 1. The predicted molar refractivity (Wildman–Crippen MR) is 137 cm³/mol. The van der Waals surface area contributed by atoms with Gasteiger partial charge in [-0.3, -0.25) is 19.1 Å². The maximum Gasteiger partial charge on any atom is 0.339 e. The van der Waals surface area contributed by atoms with Crippen molar-refractivity contribution in [3.8, 4) is 0 Å². The van der Waals surface area contributed by atoms with Crippen LogP contribution in [0, 0.1) is 0 Å². The number of unbranched alkanes of at least 4 members (excludes halogenated alkanes) is 1. The van der Waals surface area contributed by atoms with Gasteiger partial charge in [-0.15, -0.1) is 0 Å². The summed E-state index contributed by atoms with van der Waals surface area (Å²) in [6, 6.07) is 14.2. The molecule has 1 unspecified atom stereocenters. The Bertz CT molecular complexity index is 1390. The molecule has 3 aromatic rings. The highest BCUT2D eigenvalue weighted by atomic mass is 16.5. The number of carbonyl (C=O) groups excluding carboxylic acids is 2. The van der Waals surface area contributed by atoms with Crippen molar-refractivity contribution in [2.75, 3.05) is 17.2 Å². The molecule has 2 aromatic carbocycles. The SMILES string of the molecule is CCCCn1c(N)c(N(CCC)C(=O)c2ccc3c(c2)CC(c2ccccc2)OC3=O)c(=O)[nH]c1=O. The molecule has 0 saturated carbocycles. The highest BCUT2D eigenvalue weighted by Gasteiger charge is 2.30. The van der Waals surface area contributed by atoms with Crippen LogP contribution in [0.25, 0.3) is 0 Å². The Morgan fingerprint density at radius 1 is 1.11 bits per heavy atom. The van der Waals surface area contributed by atoms with Gasteiger partial charge in [0.2, 0.25) is 0 Å². The Kier molecular flexibility index (Phi) is 7.38. The molecule has 1 atom stereocenters. The van der Waals surface area contributed by atoms with Crippen LogP contribution in [0.2, 0.25) is 0 Å². The smallest absolute Gasteiger partial charge is 0.339 e. The monoisotopic (exact) mass is 490 g/mol. The number of cyclic esters (lactones) is 1. The van der Waals surface area contributed by atoms with Crippen molar-refractivity contribution < 1.29 is 14.3 Å². The third kappa shape index (κ3) is 4.82. The summed E-state index contributed by atoms with van der Waals surface area (Å²) in [6.07, 6.45) is 2.06. The number of benzene rings is 2. The zero-order chi connectivity index (χ0) is 25.8. The van der Waals surface area contributed by atoms with Crippen LogP contribution >= 0.6 is 0 Å². The van der Waals surface area contributed by atoms with E-state index in [1.165, 1.54) is 9.47 Å². The Balaban J connectivity index is 1.72. The van der Waals surface area contributed by atoms with Gasteiger partial charge in [-0.05, 0) is 42.2 Å². The first-order chi connectivity index (χ1) is 17.3. The molecular formula is C27H30N4O5. The Labute approximate surface area is 208 Å². The van der Waals surface area contributed by atoms with Gasteiger partial charge >= 0.3 is 11.7 Å². The molecule has 0 saturated heterocycles. The third-order valence-corrected chi connectivity index (χ3v) is 6.31. The first kappa shape index (κ1) is 25.0. The summed E-state index contributed by atoms with van der Waals surface area (Å²) < 4.78 is 6.91. The lowest BCUT2D eigenvalue weighted by molar-refractivity contribution is 0.0252. The van der Waals surface area contributed by atoms with E-state index in [9.17, 15) is 19.2 Å². The first-order valence-electron chi connectivity index (χ1n) is 12.2. The second kappa shape index (κ2) is 10.6. The van der Waals surface area contributed by atoms with E-state index < -0.39 is 29.2 Å². The average Bonchev–Trinajstić information content (AvgIpc) is 2.87. The first-order valence-corrected chi connectivity index (χ1v) is 12.2. The Hall–Kier alpha value is -4.14. The molecule has 4 rings (SSSR count). The zero-order valence-corrected chi connectivity index (χ0v) is 20.5. The van der Waals surface area contributed by atoms with Gasteiger partial charge < -0.3 is 15.4 Å². The minimum Gasteiger partial charge on any atom is -0.454 e. The molecule has 1 aliphatic rings. The van der Waals surface area contributed by atoms with Crippen LogP contribution in [-0.2, 0) is 17.7 Å². The lowest BCUT2D eigenvalue weighted by Gasteiger charge is -2.27. The molecule has 9 heteroatoms. The number of esters is 1. The quantitative estimate of drug-likeness (QED) is 0.466. The molecule has 2 heterocycles. The number of H-pyrrole nitrogens is 1. The number of nitrogens with zero attached hydrogens (tertiary/aromatic N) is 2. The summed E-state index contributed by atoms with van der Waals surface area (Å²) in [4.78, 5) is 55.1. The molecule has 0 radical (unpaired) electrons. The van der Waals surface area contributed by atoms with E-state index in [1.807, 2.05) is 44.2 Å². The largest absolute Gasteiger partial charge is 0.454 e. The van der Waals surface area contributed by atoms with Gasteiger partial charge in [-0.25, -0.2) is 9.59 Å². The van der Waals surface area contributed by atoms with Crippen molar-refractivity contribution in [2.45, 2.75) is 52.2 Å². The molecule has 0 fully saturated rings. The van der Waals surface area contributed by atoms with E-state index in [-0.39, 0.29) is 18.1 Å². The van der Waals surface area contributed by atoms with Gasteiger partial charge in [0.05, 0.1) is 5.56 Å². The molecule has 9 nitrogen and oxygen atoms in total. The fourth-order valence-electron chi connectivity index (χ4n) is 4.45. The maximum absolute atomic E-state index is 13.7. The highest BCUT2D eigenvalue weighted by molar-refractivity contribution is 6.08. The van der Waals surface area contributed by atoms with Crippen molar-refractivity contribution >= 4 is 23.4 Å². The van der Waals surface area contributed by atoms with E-state index in [1.54, 1.807) is 18.2 Å². The number of fused-ring (bicyclic) bond motifs is 1. The van der Waals surface area contributed by atoms with E-state index in [4.69, 9.17) is 10.5 Å². The van der Waals surface area contributed by atoms with Gasteiger partial charge in [0.25, 0.3) is 11.5 Å². The summed E-state index contributed by atoms with van der Waals surface area (Å²) in [5.41, 5.74) is 7.20. The number of hydrogen-bond acceptors (Lipinski definition) is 6. The number of carbonyl (C=O) groups is 2. The number of rotatable bonds is 8. The van der Waals surface area contributed by atoms with Crippen molar-refractivity contribution in [2.24, 2.45) is 0 Å². The van der Waals surface area contributed by atoms with Crippen LogP contribution in [0.5, 0.6) is 0 Å². The van der Waals surface area contributed by atoms with Gasteiger partial charge in [0.15, 0.2) is 5.69 Å². The van der Waals surface area contributed by atoms with Crippen LogP contribution in [-0.4, -0.2) is 28.0 Å². The van der Waals surface area contributed by atoms with E-state index >= 15 is 0 Å². The summed E-state index contributed by atoms with van der Waals surface area (Å²) in [5.74, 6) is -0.921. The Morgan fingerprint density at radius 3 is 2.56 bits per heavy atom. The summed E-state index contributed by atoms with van der Waals surface area (Å²) in [7, 11) is 0. The fourth-order valence-corrected chi connectivity index (χ4v) is 4.45. The van der Waals surface area contributed by atoms with Crippen LogP contribution in [0.1, 0.15) is 71.1 Å². The standard InChI is InChI=1S/C27H30N4O5/c1-3-5-14-31-23(28)22(24(32)29-27(31)35)30(13-4-2)25(33)18-11-12-20-19(15-18)16-21(36-26(20)34)17-9-7-6-8-10-17/h6-12,15,21H,3-5,13-14,16,28H2,1-2H3,(H,29,32,35). The molecule has 1 aliphatic heterocycles. The van der Waals surface area contributed by atoms with Crippen LogP contribution in [0.3, 0.4) is 0 Å².